The minimum Gasteiger partial charge on any atom is -0.420 e. The number of ether oxygens (including phenoxy) is 1. The summed E-state index contributed by atoms with van der Waals surface area (Å²) in [5, 5.41) is 0. The van der Waals surface area contributed by atoms with Crippen molar-refractivity contribution in [2.75, 3.05) is 0 Å². The third-order valence-electron chi connectivity index (χ3n) is 1.75. The van der Waals surface area contributed by atoms with E-state index in [1.165, 1.54) is 13.8 Å². The van der Waals surface area contributed by atoms with Gasteiger partial charge in [0, 0.05) is 6.07 Å². The number of esters is 1. The molecule has 2 nitrogen and oxygen atoms in total. The summed E-state index contributed by atoms with van der Waals surface area (Å²) >= 11 is 0. The lowest BCUT2D eigenvalue weighted by molar-refractivity contribution is -0.138. The topological polar surface area (TPSA) is 26.3 Å². The van der Waals surface area contributed by atoms with Crippen molar-refractivity contribution in [1.29, 1.82) is 0 Å². The fraction of sp³-hybridized carbons (Fsp3) is 0.300. The van der Waals surface area contributed by atoms with E-state index in [9.17, 15) is 22.4 Å². The molecule has 16 heavy (non-hydrogen) atoms. The Morgan fingerprint density at radius 1 is 1.12 bits per heavy atom. The predicted molar refractivity (Wildman–Crippen MR) is 46.7 cm³/mol. The molecule has 0 aliphatic rings. The highest BCUT2D eigenvalue weighted by atomic mass is 19.2. The van der Waals surface area contributed by atoms with Crippen LogP contribution in [-0.2, 0) is 4.79 Å². The van der Waals surface area contributed by atoms with Gasteiger partial charge in [0.25, 0.3) is 0 Å². The van der Waals surface area contributed by atoms with Gasteiger partial charge in [0.1, 0.15) is 0 Å². The summed E-state index contributed by atoms with van der Waals surface area (Å²) in [6.45, 7) is 2.82. The highest BCUT2D eigenvalue weighted by Gasteiger charge is 2.23. The highest BCUT2D eigenvalue weighted by molar-refractivity contribution is 5.74. The molecule has 88 valence electrons. The number of carbonyl (C=O) groups excluding carboxylic acids is 1. The van der Waals surface area contributed by atoms with E-state index in [0.29, 0.717) is 0 Å². The molecule has 0 amide bonds. The number of benzene rings is 1. The molecule has 0 aromatic heterocycles. The van der Waals surface area contributed by atoms with Crippen LogP contribution in [0.25, 0.3) is 0 Å². The van der Waals surface area contributed by atoms with E-state index in [1.54, 1.807) is 0 Å². The molecule has 0 spiro atoms. The van der Waals surface area contributed by atoms with Gasteiger partial charge >= 0.3 is 5.97 Å². The van der Waals surface area contributed by atoms with Crippen molar-refractivity contribution in [2.24, 2.45) is 5.92 Å². The summed E-state index contributed by atoms with van der Waals surface area (Å²) in [7, 11) is 0. The summed E-state index contributed by atoms with van der Waals surface area (Å²) in [5.41, 5.74) is 0. The Morgan fingerprint density at radius 3 is 1.94 bits per heavy atom. The monoisotopic (exact) mass is 236 g/mol. The van der Waals surface area contributed by atoms with Crippen molar-refractivity contribution >= 4 is 5.97 Å². The predicted octanol–water partition coefficient (Wildman–Crippen LogP) is 2.80. The lowest BCUT2D eigenvalue weighted by Gasteiger charge is -2.09. The summed E-state index contributed by atoms with van der Waals surface area (Å²) in [5.74, 6) is -9.71. The van der Waals surface area contributed by atoms with Gasteiger partial charge in [0.2, 0.25) is 17.4 Å². The van der Waals surface area contributed by atoms with Crippen molar-refractivity contribution in [2.45, 2.75) is 13.8 Å². The highest BCUT2D eigenvalue weighted by Crippen LogP contribution is 2.26. The Kier molecular flexibility index (Phi) is 3.51. The molecule has 1 aromatic rings. The van der Waals surface area contributed by atoms with Gasteiger partial charge in [-0.15, -0.1) is 0 Å². The van der Waals surface area contributed by atoms with Crippen LogP contribution in [0.5, 0.6) is 5.75 Å². The Bertz CT molecular complexity index is 403. The summed E-state index contributed by atoms with van der Waals surface area (Å²) in [4.78, 5) is 11.0. The van der Waals surface area contributed by atoms with Gasteiger partial charge in [-0.1, -0.05) is 13.8 Å². The first-order valence-electron chi connectivity index (χ1n) is 4.39. The molecule has 0 unspecified atom stereocenters. The number of hydrogen-bond acceptors (Lipinski definition) is 2. The summed E-state index contributed by atoms with van der Waals surface area (Å²) in [6, 6.07) is 0.0391. The molecule has 1 aromatic carbocycles. The van der Waals surface area contributed by atoms with E-state index >= 15 is 0 Å². The first-order valence-corrected chi connectivity index (χ1v) is 4.39. The molecule has 0 saturated heterocycles. The van der Waals surface area contributed by atoms with Gasteiger partial charge < -0.3 is 4.74 Å². The van der Waals surface area contributed by atoms with E-state index in [-0.39, 0.29) is 6.07 Å². The lowest BCUT2D eigenvalue weighted by atomic mass is 10.2. The van der Waals surface area contributed by atoms with Crippen molar-refractivity contribution in [3.05, 3.63) is 29.3 Å². The Balaban J connectivity index is 3.18. The molecule has 0 atom stereocenters. The van der Waals surface area contributed by atoms with Crippen LogP contribution in [0.1, 0.15) is 13.8 Å². The molecule has 0 radical (unpaired) electrons. The van der Waals surface area contributed by atoms with E-state index in [2.05, 4.69) is 4.74 Å². The molecular weight excluding hydrogens is 228 g/mol. The molecule has 0 aliphatic heterocycles. The molecule has 0 aliphatic carbocycles. The van der Waals surface area contributed by atoms with Crippen LogP contribution in [0.4, 0.5) is 17.6 Å². The summed E-state index contributed by atoms with van der Waals surface area (Å²) in [6.07, 6.45) is 0. The molecule has 0 bridgehead atoms. The van der Waals surface area contributed by atoms with Crippen LogP contribution >= 0.6 is 0 Å². The van der Waals surface area contributed by atoms with Crippen LogP contribution in [0.2, 0.25) is 0 Å². The van der Waals surface area contributed by atoms with E-state index in [0.717, 1.165) is 0 Å². The van der Waals surface area contributed by atoms with Crippen molar-refractivity contribution < 1.29 is 27.1 Å². The standard InChI is InChI=1S/C10H8F4O2/c1-4(2)10(15)16-9-7(13)5(11)3-6(12)8(9)14/h3-4H,1-2H3. The third kappa shape index (κ3) is 2.32. The van der Waals surface area contributed by atoms with Gasteiger partial charge in [-0.05, 0) is 0 Å². The van der Waals surface area contributed by atoms with Crippen molar-refractivity contribution in [1.82, 2.24) is 0 Å². The fourth-order valence-corrected chi connectivity index (χ4v) is 0.859. The van der Waals surface area contributed by atoms with E-state index < -0.39 is 40.9 Å². The number of carbonyl (C=O) groups is 1. The quantitative estimate of drug-likeness (QED) is 0.341. The maximum Gasteiger partial charge on any atom is 0.313 e. The van der Waals surface area contributed by atoms with E-state index in [1.807, 2.05) is 0 Å². The number of rotatable bonds is 2. The Labute approximate surface area is 88.8 Å². The molecule has 0 N–H and O–H groups in total. The SMILES string of the molecule is CC(C)C(=O)Oc1c(F)c(F)cc(F)c1F. The minimum atomic E-state index is -1.73. The first-order chi connectivity index (χ1) is 7.34. The van der Waals surface area contributed by atoms with Gasteiger partial charge in [0.15, 0.2) is 11.6 Å². The summed E-state index contributed by atoms with van der Waals surface area (Å²) < 4.78 is 55.6. The Morgan fingerprint density at radius 2 is 1.56 bits per heavy atom. The molecule has 1 rings (SSSR count). The average Bonchev–Trinajstić information content (AvgIpc) is 2.21. The minimum absolute atomic E-state index is 0.0391. The molecule has 0 fully saturated rings. The van der Waals surface area contributed by atoms with Crippen LogP contribution in [0.15, 0.2) is 6.07 Å². The average molecular weight is 236 g/mol. The van der Waals surface area contributed by atoms with Gasteiger partial charge in [-0.2, -0.15) is 8.78 Å². The molecule has 0 saturated carbocycles. The largest absolute Gasteiger partial charge is 0.420 e. The smallest absolute Gasteiger partial charge is 0.313 e. The maximum absolute atomic E-state index is 13.0. The second-order valence-corrected chi connectivity index (χ2v) is 3.37. The van der Waals surface area contributed by atoms with Gasteiger partial charge in [-0.25, -0.2) is 8.78 Å². The maximum atomic E-state index is 13.0. The van der Waals surface area contributed by atoms with Crippen LogP contribution < -0.4 is 4.74 Å². The zero-order valence-corrected chi connectivity index (χ0v) is 8.48. The zero-order valence-electron chi connectivity index (χ0n) is 8.48. The number of hydrogen-bond donors (Lipinski definition) is 0. The fourth-order valence-electron chi connectivity index (χ4n) is 0.859. The van der Waals surface area contributed by atoms with Crippen molar-refractivity contribution in [3.63, 3.8) is 0 Å². The van der Waals surface area contributed by atoms with Crippen molar-refractivity contribution in [3.8, 4) is 5.75 Å². The van der Waals surface area contributed by atoms with Crippen LogP contribution in [0.3, 0.4) is 0 Å². The second-order valence-electron chi connectivity index (χ2n) is 3.37. The molecule has 6 heteroatoms. The zero-order chi connectivity index (χ0) is 12.5. The number of halogens is 4. The van der Waals surface area contributed by atoms with Gasteiger partial charge in [0.05, 0.1) is 5.92 Å². The lowest BCUT2D eigenvalue weighted by Crippen LogP contribution is -2.17. The third-order valence-corrected chi connectivity index (χ3v) is 1.75. The Hall–Kier alpha value is -1.59. The molecule has 0 heterocycles. The van der Waals surface area contributed by atoms with Crippen LogP contribution in [0, 0.1) is 29.2 Å². The molecular formula is C10H8F4O2. The van der Waals surface area contributed by atoms with E-state index in [4.69, 9.17) is 0 Å². The second kappa shape index (κ2) is 4.51. The van der Waals surface area contributed by atoms with Gasteiger partial charge in [-0.3, -0.25) is 4.79 Å². The van der Waals surface area contributed by atoms with Crippen LogP contribution in [-0.4, -0.2) is 5.97 Å². The normalized spacial score (nSPS) is 10.7. The first kappa shape index (κ1) is 12.5.